The fraction of sp³-hybridized carbons (Fsp3) is 0.419. The summed E-state index contributed by atoms with van der Waals surface area (Å²) in [5.74, 6) is 0.301. The largest absolute Gasteiger partial charge is 0.618 e. The third-order valence-corrected chi connectivity index (χ3v) is 8.17. The second-order valence-corrected chi connectivity index (χ2v) is 10.9. The number of hydrogen-bond donors (Lipinski definition) is 1. The van der Waals surface area contributed by atoms with Gasteiger partial charge >= 0.3 is 0 Å². The Morgan fingerprint density at radius 2 is 1.90 bits per heavy atom. The molecule has 40 heavy (non-hydrogen) atoms. The van der Waals surface area contributed by atoms with Crippen molar-refractivity contribution in [1.82, 2.24) is 10.2 Å². The van der Waals surface area contributed by atoms with Crippen molar-refractivity contribution in [3.8, 4) is 5.75 Å². The van der Waals surface area contributed by atoms with E-state index >= 15 is 0 Å². The number of benzene rings is 2. The van der Waals surface area contributed by atoms with E-state index in [9.17, 15) is 14.4 Å². The van der Waals surface area contributed by atoms with Gasteiger partial charge in [0.2, 0.25) is 5.69 Å². The minimum atomic E-state index is -0.262. The van der Waals surface area contributed by atoms with Gasteiger partial charge < -0.3 is 25.1 Å². The van der Waals surface area contributed by atoms with E-state index in [1.165, 1.54) is 12.3 Å². The molecule has 7 nitrogen and oxygen atoms in total. The van der Waals surface area contributed by atoms with Crippen molar-refractivity contribution in [3.05, 3.63) is 93.2 Å². The number of rotatable bonds is 10. The highest BCUT2D eigenvalue weighted by atomic mass is 35.5. The zero-order chi connectivity index (χ0) is 28.8. The summed E-state index contributed by atoms with van der Waals surface area (Å²) in [6.07, 6.45) is 4.08. The zero-order valence-electron chi connectivity index (χ0n) is 23.6. The second kappa shape index (κ2) is 13.3. The quantitative estimate of drug-likeness (QED) is 0.261. The summed E-state index contributed by atoms with van der Waals surface area (Å²) in [4.78, 5) is 17.5. The zero-order valence-corrected chi connectivity index (χ0v) is 24.4. The number of nitrogens with one attached hydrogen (secondary N) is 1. The van der Waals surface area contributed by atoms with E-state index in [1.54, 1.807) is 32.2 Å². The maximum atomic E-state index is 14.7. The SMILES string of the molecule is COc1ccc(N(Cc2cc(Cl)ccc2F)C2CCN(C(C)CCNC(=O)c3c(C)cc[n+]([O-])c3C)CC2)cc1. The molecule has 1 fully saturated rings. The van der Waals surface area contributed by atoms with E-state index in [1.807, 2.05) is 31.2 Å². The summed E-state index contributed by atoms with van der Waals surface area (Å²) in [5, 5.41) is 15.4. The van der Waals surface area contributed by atoms with Crippen LogP contribution in [0.15, 0.2) is 54.7 Å². The maximum Gasteiger partial charge on any atom is 0.257 e. The number of halogens is 2. The highest BCUT2D eigenvalue weighted by Crippen LogP contribution is 2.29. The maximum absolute atomic E-state index is 14.7. The number of carbonyl (C=O) groups is 1. The number of ether oxygens (including phenoxy) is 1. The fourth-order valence-electron chi connectivity index (χ4n) is 5.47. The lowest BCUT2D eigenvalue weighted by Crippen LogP contribution is -2.48. The summed E-state index contributed by atoms with van der Waals surface area (Å²) in [6.45, 7) is 8.43. The van der Waals surface area contributed by atoms with Crippen LogP contribution >= 0.6 is 11.6 Å². The number of methoxy groups -OCH3 is 1. The van der Waals surface area contributed by atoms with Gasteiger partial charge in [-0.15, -0.1) is 0 Å². The minimum absolute atomic E-state index is 0.213. The van der Waals surface area contributed by atoms with Gasteiger partial charge in [-0.2, -0.15) is 4.73 Å². The third kappa shape index (κ3) is 7.04. The van der Waals surface area contributed by atoms with Crippen LogP contribution in [0.5, 0.6) is 5.75 Å². The lowest BCUT2D eigenvalue weighted by atomic mass is 9.99. The highest BCUT2D eigenvalue weighted by Gasteiger charge is 2.28. The monoisotopic (exact) mass is 568 g/mol. The second-order valence-electron chi connectivity index (χ2n) is 10.5. The van der Waals surface area contributed by atoms with Crippen molar-refractivity contribution in [2.24, 2.45) is 0 Å². The average molecular weight is 569 g/mol. The fourth-order valence-corrected chi connectivity index (χ4v) is 5.66. The van der Waals surface area contributed by atoms with Crippen LogP contribution < -0.4 is 19.7 Å². The van der Waals surface area contributed by atoms with Crippen LogP contribution in [0.1, 0.15) is 53.4 Å². The van der Waals surface area contributed by atoms with E-state index in [0.29, 0.717) is 34.9 Å². The molecule has 2 heterocycles. The Balaban J connectivity index is 1.36. The van der Waals surface area contributed by atoms with Gasteiger partial charge in [-0.3, -0.25) is 4.79 Å². The van der Waals surface area contributed by atoms with Crippen molar-refractivity contribution in [1.29, 1.82) is 0 Å². The van der Waals surface area contributed by atoms with Crippen LogP contribution in [0.3, 0.4) is 0 Å². The standard InChI is InChI=1S/C31H38ClFN4O3/c1-21-12-18-37(39)23(3)30(21)31(38)34-15-11-22(2)35-16-13-27(14-17-35)36(26-6-8-28(40-4)9-7-26)20-24-19-25(32)5-10-29(24)33/h5-10,12,18-19,22,27H,11,13-17,20H2,1-4H3,(H,34,38). The number of aromatic nitrogens is 1. The predicted molar refractivity (Wildman–Crippen MR) is 156 cm³/mol. The van der Waals surface area contributed by atoms with E-state index in [-0.39, 0.29) is 23.8 Å². The molecular weight excluding hydrogens is 531 g/mol. The topological polar surface area (TPSA) is 71.8 Å². The van der Waals surface area contributed by atoms with E-state index < -0.39 is 0 Å². The Labute approximate surface area is 241 Å². The third-order valence-electron chi connectivity index (χ3n) is 7.94. The molecule has 9 heteroatoms. The van der Waals surface area contributed by atoms with Crippen LogP contribution in [0, 0.1) is 24.9 Å². The smallest absolute Gasteiger partial charge is 0.257 e. The van der Waals surface area contributed by atoms with Gasteiger partial charge in [0.1, 0.15) is 17.1 Å². The first kappa shape index (κ1) is 29.6. The van der Waals surface area contributed by atoms with Crippen LogP contribution in [-0.4, -0.2) is 49.6 Å². The van der Waals surface area contributed by atoms with Gasteiger partial charge in [0.15, 0.2) is 6.20 Å². The molecule has 1 aliphatic heterocycles. The number of aryl methyl sites for hydroxylation is 1. The molecule has 0 aliphatic carbocycles. The van der Waals surface area contributed by atoms with E-state index in [2.05, 4.69) is 22.0 Å². The number of amides is 1. The minimum Gasteiger partial charge on any atom is -0.618 e. The molecule has 1 atom stereocenters. The lowest BCUT2D eigenvalue weighted by Gasteiger charge is -2.42. The Morgan fingerprint density at radius 3 is 2.58 bits per heavy atom. The Bertz CT molecular complexity index is 1310. The molecule has 1 saturated heterocycles. The summed E-state index contributed by atoms with van der Waals surface area (Å²) in [5.41, 5.74) is 3.23. The van der Waals surface area contributed by atoms with Gasteiger partial charge in [-0.05, 0) is 81.1 Å². The number of pyridine rings is 1. The van der Waals surface area contributed by atoms with E-state index in [0.717, 1.165) is 54.1 Å². The summed E-state index contributed by atoms with van der Waals surface area (Å²) in [7, 11) is 1.64. The normalized spacial score (nSPS) is 15.1. The molecule has 1 unspecified atom stereocenters. The molecule has 0 radical (unpaired) electrons. The van der Waals surface area contributed by atoms with Crippen LogP contribution in [0.25, 0.3) is 0 Å². The van der Waals surface area contributed by atoms with Gasteiger partial charge in [-0.1, -0.05) is 11.6 Å². The Morgan fingerprint density at radius 1 is 1.20 bits per heavy atom. The molecule has 0 saturated carbocycles. The average Bonchev–Trinajstić information content (AvgIpc) is 2.96. The molecule has 4 rings (SSSR count). The molecule has 0 spiro atoms. The van der Waals surface area contributed by atoms with Crippen molar-refractivity contribution in [2.45, 2.75) is 58.7 Å². The number of hydrogen-bond acceptors (Lipinski definition) is 5. The summed E-state index contributed by atoms with van der Waals surface area (Å²) in [6, 6.07) is 14.8. The number of piperidine rings is 1. The van der Waals surface area contributed by atoms with Gasteiger partial charge in [0.25, 0.3) is 5.91 Å². The van der Waals surface area contributed by atoms with Crippen molar-refractivity contribution < 1.29 is 18.7 Å². The summed E-state index contributed by atoms with van der Waals surface area (Å²) >= 11 is 6.19. The first-order chi connectivity index (χ1) is 19.2. The predicted octanol–water partition coefficient (Wildman–Crippen LogP) is 5.42. The first-order valence-electron chi connectivity index (χ1n) is 13.7. The molecule has 1 amide bonds. The van der Waals surface area contributed by atoms with E-state index in [4.69, 9.17) is 16.3 Å². The Hall–Kier alpha value is -3.36. The molecule has 3 aromatic rings. The number of carbonyl (C=O) groups excluding carboxylic acids is 1. The van der Waals surface area contributed by atoms with Gasteiger partial charge in [-0.25, -0.2) is 4.39 Å². The van der Waals surface area contributed by atoms with Crippen molar-refractivity contribution in [2.75, 3.05) is 31.6 Å². The van der Waals surface area contributed by atoms with Crippen LogP contribution in [0.4, 0.5) is 10.1 Å². The molecule has 1 N–H and O–H groups in total. The molecular formula is C31H38ClFN4O3. The van der Waals surface area contributed by atoms with Gasteiger partial charge in [0, 0.05) is 67.5 Å². The van der Waals surface area contributed by atoms with Crippen molar-refractivity contribution >= 4 is 23.2 Å². The molecule has 2 aromatic carbocycles. The summed E-state index contributed by atoms with van der Waals surface area (Å²) < 4.78 is 20.7. The molecule has 0 bridgehead atoms. The lowest BCUT2D eigenvalue weighted by molar-refractivity contribution is -0.612. The van der Waals surface area contributed by atoms with Crippen LogP contribution in [-0.2, 0) is 6.54 Å². The van der Waals surface area contributed by atoms with Gasteiger partial charge in [0.05, 0.1) is 7.11 Å². The number of anilines is 1. The molecule has 1 aromatic heterocycles. The van der Waals surface area contributed by atoms with Crippen LogP contribution in [0.2, 0.25) is 5.02 Å². The Kier molecular flexibility index (Phi) is 9.87. The molecule has 1 aliphatic rings. The highest BCUT2D eigenvalue weighted by molar-refractivity contribution is 6.30. The number of likely N-dealkylation sites (tertiary alicyclic amines) is 1. The first-order valence-corrected chi connectivity index (χ1v) is 14.1. The molecule has 214 valence electrons. The van der Waals surface area contributed by atoms with Crippen molar-refractivity contribution in [3.63, 3.8) is 0 Å². The number of nitrogens with zero attached hydrogens (tertiary/aromatic N) is 3.